The summed E-state index contributed by atoms with van der Waals surface area (Å²) in [5.41, 5.74) is 1.18. The van der Waals surface area contributed by atoms with Crippen LogP contribution < -0.4 is 5.32 Å². The molecule has 1 heterocycles. The van der Waals surface area contributed by atoms with Crippen LogP contribution in [0.15, 0.2) is 16.7 Å². The third-order valence-corrected chi connectivity index (χ3v) is 3.47. The van der Waals surface area contributed by atoms with E-state index in [0.29, 0.717) is 13.2 Å². The second-order valence-electron chi connectivity index (χ2n) is 5.75. The highest BCUT2D eigenvalue weighted by molar-refractivity contribution is 5.15. The van der Waals surface area contributed by atoms with Crippen LogP contribution in [0.1, 0.15) is 38.5 Å². The summed E-state index contributed by atoms with van der Waals surface area (Å²) in [7, 11) is 4.14. The molecule has 0 aliphatic carbocycles. The predicted molar refractivity (Wildman–Crippen MR) is 78.1 cm³/mol. The highest BCUT2D eigenvalue weighted by atomic mass is 16.5. The third-order valence-electron chi connectivity index (χ3n) is 3.47. The van der Waals surface area contributed by atoms with E-state index in [1.54, 1.807) is 6.26 Å². The van der Waals surface area contributed by atoms with E-state index in [1.165, 1.54) is 0 Å². The van der Waals surface area contributed by atoms with Crippen molar-refractivity contribution in [3.05, 3.63) is 23.7 Å². The van der Waals surface area contributed by atoms with Crippen molar-refractivity contribution in [3.63, 3.8) is 0 Å². The Hall–Kier alpha value is -0.840. The first-order valence-corrected chi connectivity index (χ1v) is 6.98. The molecule has 1 N–H and O–H groups in total. The van der Waals surface area contributed by atoms with Crippen molar-refractivity contribution in [2.75, 3.05) is 27.2 Å². The quantitative estimate of drug-likeness (QED) is 0.699. The minimum atomic E-state index is 0.0460. The largest absolute Gasteiger partial charge is 0.468 e. The van der Waals surface area contributed by atoms with Gasteiger partial charge in [0.05, 0.1) is 26.0 Å². The molecule has 0 radical (unpaired) electrons. The van der Waals surface area contributed by atoms with Crippen molar-refractivity contribution >= 4 is 0 Å². The average Bonchev–Trinajstić information content (AvgIpc) is 2.77. The Morgan fingerprint density at radius 1 is 1.37 bits per heavy atom. The zero-order chi connectivity index (χ0) is 14.3. The smallest absolute Gasteiger partial charge is 0.123 e. The van der Waals surface area contributed by atoms with E-state index in [0.717, 1.165) is 30.8 Å². The van der Waals surface area contributed by atoms with Gasteiger partial charge >= 0.3 is 0 Å². The van der Waals surface area contributed by atoms with Gasteiger partial charge in [-0.1, -0.05) is 6.92 Å². The minimum Gasteiger partial charge on any atom is -0.468 e. The standard InChI is InChI=1S/C15H28N2O2/c1-6-8-16-10-14-13(7-9-19-14)11-18-12-15(2,3)17(4)5/h7,9,16H,6,8,10-12H2,1-5H3. The summed E-state index contributed by atoms with van der Waals surface area (Å²) in [5.74, 6) is 0.983. The molecular formula is C15H28N2O2. The first kappa shape index (κ1) is 16.2. The monoisotopic (exact) mass is 268 g/mol. The molecule has 0 saturated carbocycles. The van der Waals surface area contributed by atoms with Crippen molar-refractivity contribution in [2.45, 2.75) is 45.9 Å². The molecule has 4 nitrogen and oxygen atoms in total. The molecule has 0 spiro atoms. The van der Waals surface area contributed by atoms with E-state index in [9.17, 15) is 0 Å². The molecular weight excluding hydrogens is 240 g/mol. The maximum Gasteiger partial charge on any atom is 0.123 e. The van der Waals surface area contributed by atoms with Gasteiger partial charge in [-0.15, -0.1) is 0 Å². The number of likely N-dealkylation sites (N-methyl/N-ethyl adjacent to an activating group) is 1. The van der Waals surface area contributed by atoms with Gasteiger partial charge < -0.3 is 19.4 Å². The average molecular weight is 268 g/mol. The van der Waals surface area contributed by atoms with Gasteiger partial charge in [0.2, 0.25) is 0 Å². The maximum absolute atomic E-state index is 5.82. The summed E-state index contributed by atoms with van der Waals surface area (Å²) in [6.07, 6.45) is 2.86. The van der Waals surface area contributed by atoms with Gasteiger partial charge in [0, 0.05) is 11.1 Å². The van der Waals surface area contributed by atoms with Crippen molar-refractivity contribution in [1.29, 1.82) is 0 Å². The first-order valence-electron chi connectivity index (χ1n) is 6.98. The van der Waals surface area contributed by atoms with Crippen molar-refractivity contribution in [2.24, 2.45) is 0 Å². The lowest BCUT2D eigenvalue weighted by atomic mass is 10.1. The normalized spacial score (nSPS) is 12.3. The summed E-state index contributed by atoms with van der Waals surface area (Å²) < 4.78 is 11.3. The van der Waals surface area contributed by atoms with E-state index in [4.69, 9.17) is 9.15 Å². The van der Waals surface area contributed by atoms with Crippen LogP contribution in [0.3, 0.4) is 0 Å². The molecule has 0 unspecified atom stereocenters. The molecule has 0 saturated heterocycles. The molecule has 0 amide bonds. The molecule has 4 heteroatoms. The van der Waals surface area contributed by atoms with Crippen LogP contribution in [0.2, 0.25) is 0 Å². The Morgan fingerprint density at radius 3 is 2.74 bits per heavy atom. The van der Waals surface area contributed by atoms with Gasteiger partial charge in [-0.3, -0.25) is 0 Å². The van der Waals surface area contributed by atoms with E-state index >= 15 is 0 Å². The van der Waals surface area contributed by atoms with Crippen LogP contribution in [0.25, 0.3) is 0 Å². The number of ether oxygens (including phenoxy) is 1. The van der Waals surface area contributed by atoms with Crippen LogP contribution in [-0.4, -0.2) is 37.7 Å². The zero-order valence-electron chi connectivity index (χ0n) is 13.0. The Kier molecular flexibility index (Phi) is 6.55. The molecule has 0 aliphatic heterocycles. The summed E-state index contributed by atoms with van der Waals surface area (Å²) in [5, 5.41) is 3.35. The number of rotatable bonds is 9. The van der Waals surface area contributed by atoms with Gasteiger partial charge in [-0.05, 0) is 47.0 Å². The van der Waals surface area contributed by atoms with Gasteiger partial charge in [-0.2, -0.15) is 0 Å². The molecule has 0 aromatic carbocycles. The van der Waals surface area contributed by atoms with Gasteiger partial charge in [0.1, 0.15) is 5.76 Å². The number of furan rings is 1. The van der Waals surface area contributed by atoms with Crippen molar-refractivity contribution in [1.82, 2.24) is 10.2 Å². The Balaban J connectivity index is 2.39. The number of hydrogen-bond donors (Lipinski definition) is 1. The second kappa shape index (κ2) is 7.68. The van der Waals surface area contributed by atoms with Gasteiger partial charge in [0.25, 0.3) is 0 Å². The molecule has 19 heavy (non-hydrogen) atoms. The van der Waals surface area contributed by atoms with E-state index in [1.807, 2.05) is 6.07 Å². The molecule has 0 bridgehead atoms. The van der Waals surface area contributed by atoms with E-state index < -0.39 is 0 Å². The van der Waals surface area contributed by atoms with Crippen molar-refractivity contribution < 1.29 is 9.15 Å². The summed E-state index contributed by atoms with van der Waals surface area (Å²) in [6, 6.07) is 1.99. The Morgan fingerprint density at radius 2 is 2.11 bits per heavy atom. The molecule has 110 valence electrons. The predicted octanol–water partition coefficient (Wildman–Crippen LogP) is 2.64. The lowest BCUT2D eigenvalue weighted by Gasteiger charge is -2.32. The number of nitrogens with zero attached hydrogens (tertiary/aromatic N) is 1. The highest BCUT2D eigenvalue weighted by Gasteiger charge is 2.20. The van der Waals surface area contributed by atoms with E-state index in [2.05, 4.69) is 45.1 Å². The van der Waals surface area contributed by atoms with Crippen LogP contribution in [0, 0.1) is 0 Å². The SMILES string of the molecule is CCCNCc1occc1COCC(C)(C)N(C)C. The summed E-state index contributed by atoms with van der Waals surface area (Å²) in [4.78, 5) is 2.17. The fraction of sp³-hybridized carbons (Fsp3) is 0.733. The van der Waals surface area contributed by atoms with Crippen LogP contribution >= 0.6 is 0 Å². The van der Waals surface area contributed by atoms with Gasteiger partial charge in [0.15, 0.2) is 0 Å². The van der Waals surface area contributed by atoms with Crippen LogP contribution in [0.4, 0.5) is 0 Å². The number of hydrogen-bond acceptors (Lipinski definition) is 4. The first-order chi connectivity index (χ1) is 8.97. The lowest BCUT2D eigenvalue weighted by Crippen LogP contribution is -2.42. The third kappa shape index (κ3) is 5.35. The molecule has 0 atom stereocenters. The topological polar surface area (TPSA) is 37.6 Å². The van der Waals surface area contributed by atoms with Crippen LogP contribution in [0.5, 0.6) is 0 Å². The molecule has 1 aromatic heterocycles. The Labute approximate surface area is 117 Å². The summed E-state index contributed by atoms with van der Waals surface area (Å²) >= 11 is 0. The lowest BCUT2D eigenvalue weighted by molar-refractivity contribution is 0.0269. The highest BCUT2D eigenvalue weighted by Crippen LogP contribution is 2.15. The van der Waals surface area contributed by atoms with Crippen LogP contribution in [-0.2, 0) is 17.9 Å². The number of nitrogens with one attached hydrogen (secondary N) is 1. The minimum absolute atomic E-state index is 0.0460. The second-order valence-corrected chi connectivity index (χ2v) is 5.75. The molecule has 0 aliphatic rings. The maximum atomic E-state index is 5.82. The molecule has 0 fully saturated rings. The van der Waals surface area contributed by atoms with Gasteiger partial charge in [-0.25, -0.2) is 0 Å². The molecule has 1 aromatic rings. The fourth-order valence-corrected chi connectivity index (χ4v) is 1.57. The fourth-order valence-electron chi connectivity index (χ4n) is 1.57. The Bertz CT molecular complexity index is 359. The molecule has 1 rings (SSSR count). The summed E-state index contributed by atoms with van der Waals surface area (Å²) in [6.45, 7) is 9.59. The van der Waals surface area contributed by atoms with Crippen molar-refractivity contribution in [3.8, 4) is 0 Å². The zero-order valence-corrected chi connectivity index (χ0v) is 13.0. The van der Waals surface area contributed by atoms with E-state index in [-0.39, 0.29) is 5.54 Å².